The third-order valence-electron chi connectivity index (χ3n) is 7.23. The highest BCUT2D eigenvalue weighted by Gasteiger charge is 2.25. The molecule has 0 unspecified atom stereocenters. The first-order valence-corrected chi connectivity index (χ1v) is 12.6. The fraction of sp³-hybridized carbons (Fsp3) is 0.200. The van der Waals surface area contributed by atoms with Crippen LogP contribution >= 0.6 is 0 Å². The molecule has 1 fully saturated rings. The summed E-state index contributed by atoms with van der Waals surface area (Å²) in [4.78, 5) is 36.1. The first-order valence-electron chi connectivity index (χ1n) is 12.6. The van der Waals surface area contributed by atoms with Gasteiger partial charge in [-0.05, 0) is 77.7 Å². The molecule has 1 aliphatic rings. The van der Waals surface area contributed by atoms with Crippen molar-refractivity contribution in [3.05, 3.63) is 114 Å². The summed E-state index contributed by atoms with van der Waals surface area (Å²) in [5.74, 6) is 0.354. The van der Waals surface area contributed by atoms with Crippen molar-refractivity contribution in [3.8, 4) is 0 Å². The van der Waals surface area contributed by atoms with E-state index in [-0.39, 0.29) is 11.8 Å². The van der Waals surface area contributed by atoms with Crippen LogP contribution in [0.1, 0.15) is 50.6 Å². The number of amides is 2. The number of likely N-dealkylation sites (tertiary alicyclic amines) is 1. The van der Waals surface area contributed by atoms with E-state index in [1.807, 2.05) is 82.4 Å². The molecule has 1 aliphatic heterocycles. The van der Waals surface area contributed by atoms with Crippen molar-refractivity contribution in [2.75, 3.05) is 13.1 Å². The summed E-state index contributed by atoms with van der Waals surface area (Å²) in [6, 6.07) is 19.6. The Morgan fingerprint density at radius 2 is 1.68 bits per heavy atom. The van der Waals surface area contributed by atoms with E-state index in [4.69, 9.17) is 0 Å². The molecule has 5 aromatic rings. The summed E-state index contributed by atoms with van der Waals surface area (Å²) in [5, 5.41) is 5.05. The van der Waals surface area contributed by atoms with Crippen molar-refractivity contribution < 1.29 is 9.59 Å². The minimum Gasteiger partial charge on any atom is -0.348 e. The number of carbonyl (C=O) groups excluding carboxylic acids is 2. The average molecular weight is 490 g/mol. The summed E-state index contributed by atoms with van der Waals surface area (Å²) < 4.78 is 1.94. The molecule has 3 aromatic heterocycles. The van der Waals surface area contributed by atoms with Gasteiger partial charge in [-0.15, -0.1) is 0 Å². The van der Waals surface area contributed by atoms with Crippen LogP contribution in [0.5, 0.6) is 0 Å². The van der Waals surface area contributed by atoms with Crippen molar-refractivity contribution in [1.82, 2.24) is 24.6 Å². The molecular weight excluding hydrogens is 462 g/mol. The fourth-order valence-electron chi connectivity index (χ4n) is 5.07. The van der Waals surface area contributed by atoms with E-state index < -0.39 is 0 Å². The van der Waals surface area contributed by atoms with Gasteiger partial charge in [-0.3, -0.25) is 14.6 Å². The summed E-state index contributed by atoms with van der Waals surface area (Å²) in [6.07, 6.45) is 11.0. The number of aromatic nitrogens is 3. The number of pyridine rings is 2. The zero-order valence-electron chi connectivity index (χ0n) is 20.4. The van der Waals surface area contributed by atoms with E-state index >= 15 is 0 Å². The molecule has 2 aromatic carbocycles. The number of hydrogen-bond acceptors (Lipinski definition) is 4. The molecule has 2 amide bonds. The second-order valence-corrected chi connectivity index (χ2v) is 9.54. The second kappa shape index (κ2) is 9.85. The van der Waals surface area contributed by atoms with Crippen molar-refractivity contribution in [3.63, 3.8) is 0 Å². The van der Waals surface area contributed by atoms with Crippen LogP contribution < -0.4 is 5.32 Å². The lowest BCUT2D eigenvalue weighted by molar-refractivity contribution is 0.0713. The average Bonchev–Trinajstić information content (AvgIpc) is 3.43. The van der Waals surface area contributed by atoms with Gasteiger partial charge in [-0.25, -0.2) is 4.98 Å². The Kier molecular flexibility index (Phi) is 6.10. The van der Waals surface area contributed by atoms with E-state index in [1.165, 1.54) is 5.56 Å². The first kappa shape index (κ1) is 22.9. The highest BCUT2D eigenvalue weighted by Crippen LogP contribution is 2.29. The summed E-state index contributed by atoms with van der Waals surface area (Å²) in [5.41, 5.74) is 4.43. The lowest BCUT2D eigenvalue weighted by atomic mass is 9.88. The molecule has 1 N–H and O–H groups in total. The molecule has 0 aliphatic carbocycles. The minimum atomic E-state index is -0.0965. The lowest BCUT2D eigenvalue weighted by Crippen LogP contribution is -2.37. The number of nitrogens with one attached hydrogen (secondary N) is 1. The molecule has 0 bridgehead atoms. The molecule has 0 spiro atoms. The molecule has 0 atom stereocenters. The maximum absolute atomic E-state index is 13.1. The van der Waals surface area contributed by atoms with Gasteiger partial charge < -0.3 is 14.6 Å². The Balaban J connectivity index is 1.04. The molecule has 0 radical (unpaired) electrons. The highest BCUT2D eigenvalue weighted by atomic mass is 16.2. The topological polar surface area (TPSA) is 79.6 Å². The minimum absolute atomic E-state index is 0.0723. The van der Waals surface area contributed by atoms with E-state index in [1.54, 1.807) is 18.6 Å². The Bertz CT molecular complexity index is 1580. The van der Waals surface area contributed by atoms with E-state index in [0.29, 0.717) is 23.6 Å². The smallest absolute Gasteiger partial charge is 0.253 e. The van der Waals surface area contributed by atoms with Crippen LogP contribution in [0.4, 0.5) is 0 Å². The number of fused-ring (bicyclic) bond motifs is 2. The van der Waals surface area contributed by atoms with Crippen LogP contribution in [0, 0.1) is 0 Å². The standard InChI is InChI=1S/C30H27N5O2/c36-29(33-19-21-8-13-34-16-12-32-28(34)17-21)25-4-1-22(2-5-25)24-9-14-35(15-10-24)30(37)26-6-3-23-7-11-31-20-27(23)18-26/h1-8,11-13,16-18,20,24H,9-10,14-15,19H2,(H,33,36). The van der Waals surface area contributed by atoms with Crippen molar-refractivity contribution in [2.45, 2.75) is 25.3 Å². The maximum Gasteiger partial charge on any atom is 0.253 e. The maximum atomic E-state index is 13.1. The number of piperidine rings is 1. The number of benzene rings is 2. The summed E-state index contributed by atoms with van der Waals surface area (Å²) >= 11 is 0. The Morgan fingerprint density at radius 3 is 2.51 bits per heavy atom. The summed E-state index contributed by atoms with van der Waals surface area (Å²) in [6.45, 7) is 1.89. The number of nitrogens with zero attached hydrogens (tertiary/aromatic N) is 4. The Labute approximate surface area is 214 Å². The third-order valence-corrected chi connectivity index (χ3v) is 7.23. The van der Waals surface area contributed by atoms with Crippen molar-refractivity contribution in [1.29, 1.82) is 0 Å². The van der Waals surface area contributed by atoms with Crippen LogP contribution in [0.2, 0.25) is 0 Å². The molecular formula is C30H27N5O2. The van der Waals surface area contributed by atoms with Crippen molar-refractivity contribution in [2.24, 2.45) is 0 Å². The van der Waals surface area contributed by atoms with E-state index in [2.05, 4.69) is 15.3 Å². The predicted molar refractivity (Wildman–Crippen MR) is 142 cm³/mol. The predicted octanol–water partition coefficient (Wildman–Crippen LogP) is 4.83. The third kappa shape index (κ3) is 4.80. The number of carbonyl (C=O) groups is 2. The molecule has 6 rings (SSSR count). The van der Waals surface area contributed by atoms with Crippen LogP contribution in [-0.4, -0.2) is 44.2 Å². The Morgan fingerprint density at radius 1 is 0.865 bits per heavy atom. The quantitative estimate of drug-likeness (QED) is 0.383. The van der Waals surface area contributed by atoms with Crippen LogP contribution in [0.3, 0.4) is 0 Å². The van der Waals surface area contributed by atoms with Crippen LogP contribution in [0.15, 0.2) is 91.6 Å². The number of imidazole rings is 1. The van der Waals surface area contributed by atoms with Crippen LogP contribution in [0.25, 0.3) is 16.4 Å². The number of rotatable bonds is 5. The van der Waals surface area contributed by atoms with Gasteiger partial charge in [0.15, 0.2) is 0 Å². The highest BCUT2D eigenvalue weighted by molar-refractivity contribution is 5.98. The van der Waals surface area contributed by atoms with Gasteiger partial charge in [0.2, 0.25) is 0 Å². The van der Waals surface area contributed by atoms with Gasteiger partial charge in [0.25, 0.3) is 11.8 Å². The molecule has 4 heterocycles. The normalized spacial score (nSPS) is 14.2. The molecule has 7 nitrogen and oxygen atoms in total. The molecule has 184 valence electrons. The first-order chi connectivity index (χ1) is 18.1. The number of hydrogen-bond donors (Lipinski definition) is 1. The molecule has 37 heavy (non-hydrogen) atoms. The largest absolute Gasteiger partial charge is 0.348 e. The van der Waals surface area contributed by atoms with E-state index in [9.17, 15) is 9.59 Å². The molecule has 0 saturated carbocycles. The van der Waals surface area contributed by atoms with E-state index in [0.717, 1.165) is 47.9 Å². The SMILES string of the molecule is O=C(NCc1ccn2ccnc2c1)c1ccc(C2CCN(C(=O)c3ccc4ccncc4c3)CC2)cc1. The lowest BCUT2D eigenvalue weighted by Gasteiger charge is -2.32. The van der Waals surface area contributed by atoms with Gasteiger partial charge in [0.05, 0.1) is 0 Å². The monoisotopic (exact) mass is 489 g/mol. The van der Waals surface area contributed by atoms with Gasteiger partial charge >= 0.3 is 0 Å². The molecule has 1 saturated heterocycles. The van der Waals surface area contributed by atoms with Gasteiger partial charge in [0, 0.05) is 67.1 Å². The van der Waals surface area contributed by atoms with Gasteiger partial charge in [-0.1, -0.05) is 18.2 Å². The zero-order chi connectivity index (χ0) is 25.2. The zero-order valence-corrected chi connectivity index (χ0v) is 20.4. The fourth-order valence-corrected chi connectivity index (χ4v) is 5.07. The summed E-state index contributed by atoms with van der Waals surface area (Å²) in [7, 11) is 0. The van der Waals surface area contributed by atoms with Gasteiger partial charge in [0.1, 0.15) is 5.65 Å². The van der Waals surface area contributed by atoms with Gasteiger partial charge in [-0.2, -0.15) is 0 Å². The van der Waals surface area contributed by atoms with Crippen molar-refractivity contribution >= 4 is 28.2 Å². The van der Waals surface area contributed by atoms with Crippen LogP contribution in [-0.2, 0) is 6.54 Å². The molecule has 7 heteroatoms. The second-order valence-electron chi connectivity index (χ2n) is 9.54. The Hall–Kier alpha value is -4.52.